The molecule has 0 amide bonds. The van der Waals surface area contributed by atoms with Gasteiger partial charge in [0.05, 0.1) is 17.8 Å². The number of fused-ring (bicyclic) bond motifs is 3. The second kappa shape index (κ2) is 4.59. The van der Waals surface area contributed by atoms with Gasteiger partial charge in [0.25, 0.3) is 0 Å². The van der Waals surface area contributed by atoms with Crippen molar-refractivity contribution >= 4 is 6.16 Å². The van der Waals surface area contributed by atoms with Crippen LogP contribution in [0.2, 0.25) is 0 Å². The lowest BCUT2D eigenvalue weighted by molar-refractivity contribution is -0.232. The largest absolute Gasteiger partial charge is 0.508 e. The first-order valence-electron chi connectivity index (χ1n) is 7.89. The molecule has 0 bridgehead atoms. The first-order chi connectivity index (χ1) is 9.67. The lowest BCUT2D eigenvalue weighted by Crippen LogP contribution is -2.61. The maximum Gasteiger partial charge on any atom is 0.508 e. The minimum atomic E-state index is -0.564. The highest BCUT2D eigenvalue weighted by Gasteiger charge is 2.60. The third kappa shape index (κ3) is 2.25. The van der Waals surface area contributed by atoms with Gasteiger partial charge in [-0.3, -0.25) is 0 Å². The fraction of sp³-hybridized carbons (Fsp3) is 0.938. The third-order valence-electron chi connectivity index (χ3n) is 6.06. The summed E-state index contributed by atoms with van der Waals surface area (Å²) in [6, 6.07) is 0. The molecule has 5 atom stereocenters. The standard InChI is InChI=1S/C16H26O5/c1-14(2)11(17)5-7-15(3)10-9-19-13(18)21-16(10,4)8-6-12(15)20-14/h10-12,17H,5-9H2,1-4H3/t10-,11-,12-,15-,16-/m1/s1. The Balaban J connectivity index is 1.93. The average Bonchev–Trinajstić information content (AvgIpc) is 2.46. The van der Waals surface area contributed by atoms with E-state index in [1.54, 1.807) is 0 Å². The Morgan fingerprint density at radius 3 is 2.57 bits per heavy atom. The molecule has 2 heterocycles. The van der Waals surface area contributed by atoms with Crippen molar-refractivity contribution in [2.24, 2.45) is 11.3 Å². The molecule has 5 nitrogen and oxygen atoms in total. The number of cyclic esters (lactones) is 1. The second-order valence-corrected chi connectivity index (χ2v) is 7.84. The molecule has 3 fully saturated rings. The normalized spacial score (nSPS) is 49.2. The summed E-state index contributed by atoms with van der Waals surface area (Å²) in [5.41, 5.74) is -1.17. The van der Waals surface area contributed by atoms with Gasteiger partial charge in [0.15, 0.2) is 0 Å². The van der Waals surface area contributed by atoms with Crippen LogP contribution in [-0.4, -0.2) is 41.3 Å². The molecule has 0 aromatic heterocycles. The Morgan fingerprint density at radius 1 is 1.14 bits per heavy atom. The molecule has 0 radical (unpaired) electrons. The zero-order valence-electron chi connectivity index (χ0n) is 13.3. The van der Waals surface area contributed by atoms with E-state index in [9.17, 15) is 9.90 Å². The highest BCUT2D eigenvalue weighted by atomic mass is 16.7. The summed E-state index contributed by atoms with van der Waals surface area (Å²) in [5.74, 6) is 0.0996. The highest BCUT2D eigenvalue weighted by molar-refractivity contribution is 5.61. The van der Waals surface area contributed by atoms with Crippen molar-refractivity contribution in [2.45, 2.75) is 76.8 Å². The number of ether oxygens (including phenoxy) is 3. The molecule has 2 saturated heterocycles. The molecule has 21 heavy (non-hydrogen) atoms. The van der Waals surface area contributed by atoms with Crippen LogP contribution >= 0.6 is 0 Å². The molecule has 1 N–H and O–H groups in total. The number of aliphatic hydroxyl groups is 1. The van der Waals surface area contributed by atoms with Crippen molar-refractivity contribution in [1.29, 1.82) is 0 Å². The molecule has 1 saturated carbocycles. The van der Waals surface area contributed by atoms with E-state index in [1.165, 1.54) is 0 Å². The maximum atomic E-state index is 11.5. The predicted octanol–water partition coefficient (Wildman–Crippen LogP) is 2.65. The van der Waals surface area contributed by atoms with Crippen molar-refractivity contribution in [3.05, 3.63) is 0 Å². The van der Waals surface area contributed by atoms with Gasteiger partial charge < -0.3 is 19.3 Å². The predicted molar refractivity (Wildman–Crippen MR) is 75.9 cm³/mol. The molecule has 3 rings (SSSR count). The summed E-state index contributed by atoms with van der Waals surface area (Å²) in [4.78, 5) is 11.5. The zero-order chi connectivity index (χ0) is 15.5. The summed E-state index contributed by atoms with van der Waals surface area (Å²) in [5, 5.41) is 10.3. The van der Waals surface area contributed by atoms with Gasteiger partial charge in [0, 0.05) is 11.3 Å². The lowest BCUT2D eigenvalue weighted by Gasteiger charge is -2.55. The minimum Gasteiger partial charge on any atom is -0.434 e. The van der Waals surface area contributed by atoms with Crippen LogP contribution in [0.4, 0.5) is 4.79 Å². The van der Waals surface area contributed by atoms with Gasteiger partial charge in [-0.2, -0.15) is 0 Å². The molecule has 0 aromatic rings. The van der Waals surface area contributed by atoms with Crippen LogP contribution in [-0.2, 0) is 14.2 Å². The van der Waals surface area contributed by atoms with Crippen molar-refractivity contribution < 1.29 is 24.1 Å². The van der Waals surface area contributed by atoms with Crippen LogP contribution in [0.15, 0.2) is 0 Å². The Hall–Kier alpha value is -0.810. The summed E-state index contributed by atoms with van der Waals surface area (Å²) in [7, 11) is 0. The molecule has 0 unspecified atom stereocenters. The van der Waals surface area contributed by atoms with Gasteiger partial charge in [-0.05, 0) is 46.5 Å². The van der Waals surface area contributed by atoms with E-state index in [-0.39, 0.29) is 17.4 Å². The van der Waals surface area contributed by atoms with Crippen LogP contribution in [0.3, 0.4) is 0 Å². The number of aliphatic hydroxyl groups excluding tert-OH is 1. The summed E-state index contributed by atoms with van der Waals surface area (Å²) in [6.45, 7) is 8.48. The molecule has 1 aliphatic carbocycles. The van der Waals surface area contributed by atoms with Crippen LogP contribution in [0.25, 0.3) is 0 Å². The quantitative estimate of drug-likeness (QED) is 0.696. The molecule has 120 valence electrons. The van der Waals surface area contributed by atoms with Gasteiger partial charge in [-0.15, -0.1) is 0 Å². The van der Waals surface area contributed by atoms with E-state index >= 15 is 0 Å². The maximum absolute atomic E-state index is 11.5. The first kappa shape index (κ1) is 15.1. The molecule has 2 aliphatic heterocycles. The number of carbonyl (C=O) groups excluding carboxylic acids is 1. The van der Waals surface area contributed by atoms with Crippen molar-refractivity contribution in [3.8, 4) is 0 Å². The van der Waals surface area contributed by atoms with E-state index in [1.807, 2.05) is 20.8 Å². The molecule has 3 aliphatic rings. The van der Waals surface area contributed by atoms with Crippen LogP contribution < -0.4 is 0 Å². The monoisotopic (exact) mass is 298 g/mol. The van der Waals surface area contributed by atoms with E-state index in [2.05, 4.69) is 6.92 Å². The number of hydrogen-bond donors (Lipinski definition) is 1. The van der Waals surface area contributed by atoms with E-state index in [0.29, 0.717) is 13.0 Å². The SMILES string of the molecule is CC1(C)O[C@@H]2CC[C@@]3(C)OC(=O)OC[C@@H]3[C@@]2(C)CC[C@H]1O. The zero-order valence-corrected chi connectivity index (χ0v) is 13.3. The molecular weight excluding hydrogens is 272 g/mol. The Morgan fingerprint density at radius 2 is 1.86 bits per heavy atom. The van der Waals surface area contributed by atoms with Crippen molar-refractivity contribution in [1.82, 2.24) is 0 Å². The van der Waals surface area contributed by atoms with Gasteiger partial charge in [0.1, 0.15) is 12.2 Å². The van der Waals surface area contributed by atoms with Crippen molar-refractivity contribution in [3.63, 3.8) is 0 Å². The first-order valence-corrected chi connectivity index (χ1v) is 7.89. The average molecular weight is 298 g/mol. The number of rotatable bonds is 0. The molecule has 5 heteroatoms. The van der Waals surface area contributed by atoms with Crippen LogP contribution in [0.5, 0.6) is 0 Å². The van der Waals surface area contributed by atoms with Gasteiger partial charge >= 0.3 is 6.16 Å². The Bertz CT molecular complexity index is 448. The summed E-state index contributed by atoms with van der Waals surface area (Å²) < 4.78 is 17.0. The highest BCUT2D eigenvalue weighted by Crippen LogP contribution is 2.55. The summed E-state index contributed by atoms with van der Waals surface area (Å²) >= 11 is 0. The lowest BCUT2D eigenvalue weighted by atomic mass is 9.57. The van der Waals surface area contributed by atoms with E-state index in [0.717, 1.165) is 19.3 Å². The van der Waals surface area contributed by atoms with E-state index < -0.39 is 23.5 Å². The molecular formula is C16H26O5. The Labute approximate surface area is 125 Å². The molecule has 0 spiro atoms. The topological polar surface area (TPSA) is 65.0 Å². The van der Waals surface area contributed by atoms with Crippen LogP contribution in [0, 0.1) is 11.3 Å². The van der Waals surface area contributed by atoms with Gasteiger partial charge in [-0.25, -0.2) is 4.79 Å². The second-order valence-electron chi connectivity index (χ2n) is 7.84. The van der Waals surface area contributed by atoms with Gasteiger partial charge in [-0.1, -0.05) is 6.92 Å². The number of hydrogen-bond acceptors (Lipinski definition) is 5. The fourth-order valence-electron chi connectivity index (χ4n) is 4.47. The third-order valence-corrected chi connectivity index (χ3v) is 6.06. The van der Waals surface area contributed by atoms with Gasteiger partial charge in [0.2, 0.25) is 0 Å². The summed E-state index contributed by atoms with van der Waals surface area (Å²) in [6.07, 6.45) is 2.18. The smallest absolute Gasteiger partial charge is 0.434 e. The van der Waals surface area contributed by atoms with E-state index in [4.69, 9.17) is 14.2 Å². The Kier molecular flexibility index (Phi) is 3.30. The number of carbonyl (C=O) groups is 1. The molecule has 0 aromatic carbocycles. The van der Waals surface area contributed by atoms with Crippen LogP contribution in [0.1, 0.15) is 53.4 Å². The van der Waals surface area contributed by atoms with Crippen molar-refractivity contribution in [2.75, 3.05) is 6.61 Å². The fourth-order valence-corrected chi connectivity index (χ4v) is 4.47. The minimum absolute atomic E-state index is 0.0585.